The molecule has 0 atom stereocenters. The smallest absolute Gasteiger partial charge is 0.281 e. The third kappa shape index (κ3) is 2.43. The van der Waals surface area contributed by atoms with Gasteiger partial charge in [-0.2, -0.15) is 13.5 Å². The van der Waals surface area contributed by atoms with E-state index < -0.39 is 10.0 Å². The Labute approximate surface area is 127 Å². The van der Waals surface area contributed by atoms with Crippen LogP contribution in [0.4, 0.5) is 5.69 Å². The SMILES string of the molecule is Cc1ccn2ncnc2c1NS(=O)(=O)c1cn(C(C)C)cn1. The molecule has 3 heterocycles. The van der Waals surface area contributed by atoms with E-state index in [1.165, 1.54) is 23.4 Å². The Morgan fingerprint density at radius 2 is 2.05 bits per heavy atom. The summed E-state index contributed by atoms with van der Waals surface area (Å²) in [4.78, 5) is 8.06. The minimum Gasteiger partial charge on any atom is -0.334 e. The summed E-state index contributed by atoms with van der Waals surface area (Å²) in [5.41, 5.74) is 1.61. The number of hydrogen-bond donors (Lipinski definition) is 1. The van der Waals surface area contributed by atoms with Crippen LogP contribution in [0.2, 0.25) is 0 Å². The zero-order valence-corrected chi connectivity index (χ0v) is 13.2. The number of nitrogens with zero attached hydrogens (tertiary/aromatic N) is 5. The Hall–Kier alpha value is -2.42. The molecule has 0 aliphatic carbocycles. The maximum atomic E-state index is 12.5. The number of nitrogens with one attached hydrogen (secondary N) is 1. The van der Waals surface area contributed by atoms with E-state index >= 15 is 0 Å². The van der Waals surface area contributed by atoms with Crippen molar-refractivity contribution in [1.82, 2.24) is 24.1 Å². The molecule has 3 aromatic rings. The molecule has 3 aromatic heterocycles. The summed E-state index contributed by atoms with van der Waals surface area (Å²) < 4.78 is 30.8. The number of fused-ring (bicyclic) bond motifs is 1. The summed E-state index contributed by atoms with van der Waals surface area (Å²) in [6.07, 6.45) is 6.11. The highest BCUT2D eigenvalue weighted by Gasteiger charge is 2.21. The molecule has 22 heavy (non-hydrogen) atoms. The van der Waals surface area contributed by atoms with E-state index in [1.807, 2.05) is 13.8 Å². The Morgan fingerprint density at radius 3 is 2.73 bits per heavy atom. The molecule has 3 rings (SSSR count). The molecule has 0 saturated carbocycles. The molecule has 0 saturated heterocycles. The largest absolute Gasteiger partial charge is 0.334 e. The summed E-state index contributed by atoms with van der Waals surface area (Å²) in [7, 11) is -3.78. The van der Waals surface area contributed by atoms with Crippen LogP contribution in [-0.2, 0) is 10.0 Å². The number of imidazole rings is 1. The van der Waals surface area contributed by atoms with Crippen LogP contribution in [-0.4, -0.2) is 32.6 Å². The van der Waals surface area contributed by atoms with Gasteiger partial charge in [-0.1, -0.05) is 0 Å². The summed E-state index contributed by atoms with van der Waals surface area (Å²) in [5.74, 6) is 0. The Morgan fingerprint density at radius 1 is 1.27 bits per heavy atom. The lowest BCUT2D eigenvalue weighted by Crippen LogP contribution is -2.15. The lowest BCUT2D eigenvalue weighted by Gasteiger charge is -2.09. The first-order valence-electron chi connectivity index (χ1n) is 6.74. The molecule has 0 aromatic carbocycles. The number of anilines is 1. The second-order valence-corrected chi connectivity index (χ2v) is 6.89. The molecule has 0 aliphatic heterocycles. The third-order valence-electron chi connectivity index (χ3n) is 3.34. The molecule has 0 aliphatic rings. The molecule has 0 radical (unpaired) electrons. The van der Waals surface area contributed by atoms with Crippen LogP contribution in [0.25, 0.3) is 5.65 Å². The minimum atomic E-state index is -3.78. The van der Waals surface area contributed by atoms with Crippen molar-refractivity contribution in [3.8, 4) is 0 Å². The third-order valence-corrected chi connectivity index (χ3v) is 4.58. The van der Waals surface area contributed by atoms with Crippen LogP contribution in [0.1, 0.15) is 25.5 Å². The van der Waals surface area contributed by atoms with E-state index in [0.29, 0.717) is 11.3 Å². The van der Waals surface area contributed by atoms with Gasteiger partial charge in [-0.05, 0) is 32.4 Å². The summed E-state index contributed by atoms with van der Waals surface area (Å²) in [5, 5.41) is 3.98. The van der Waals surface area contributed by atoms with Gasteiger partial charge in [0.25, 0.3) is 10.0 Å². The van der Waals surface area contributed by atoms with Gasteiger partial charge in [0.05, 0.1) is 12.0 Å². The van der Waals surface area contributed by atoms with Crippen molar-refractivity contribution in [3.63, 3.8) is 0 Å². The maximum Gasteiger partial charge on any atom is 0.281 e. The molecule has 0 fully saturated rings. The van der Waals surface area contributed by atoms with Crippen LogP contribution in [0.5, 0.6) is 0 Å². The van der Waals surface area contributed by atoms with Gasteiger partial charge < -0.3 is 4.57 Å². The van der Waals surface area contributed by atoms with Gasteiger partial charge in [0, 0.05) is 18.4 Å². The number of rotatable bonds is 4. The second-order valence-electron chi connectivity index (χ2n) is 5.26. The van der Waals surface area contributed by atoms with E-state index in [-0.39, 0.29) is 11.1 Å². The van der Waals surface area contributed by atoms with Gasteiger partial charge in [0.15, 0.2) is 10.7 Å². The first-order valence-corrected chi connectivity index (χ1v) is 8.22. The predicted molar refractivity (Wildman–Crippen MR) is 81.1 cm³/mol. The van der Waals surface area contributed by atoms with Crippen LogP contribution in [0, 0.1) is 6.92 Å². The zero-order valence-electron chi connectivity index (χ0n) is 12.4. The molecule has 0 unspecified atom stereocenters. The molecule has 9 heteroatoms. The molecule has 1 N–H and O–H groups in total. The number of sulfonamides is 1. The average molecular weight is 320 g/mol. The number of aromatic nitrogens is 5. The Balaban J connectivity index is 2.02. The highest BCUT2D eigenvalue weighted by molar-refractivity contribution is 7.92. The summed E-state index contributed by atoms with van der Waals surface area (Å²) >= 11 is 0. The van der Waals surface area contributed by atoms with Gasteiger partial charge in [-0.15, -0.1) is 0 Å². The van der Waals surface area contributed by atoms with Crippen molar-refractivity contribution in [2.45, 2.75) is 31.8 Å². The average Bonchev–Trinajstić information content (AvgIpc) is 3.10. The van der Waals surface area contributed by atoms with Crippen molar-refractivity contribution in [2.75, 3.05) is 4.72 Å². The van der Waals surface area contributed by atoms with Crippen molar-refractivity contribution in [3.05, 3.63) is 36.7 Å². The monoisotopic (exact) mass is 320 g/mol. The molecule has 0 amide bonds. The van der Waals surface area contributed by atoms with E-state index in [0.717, 1.165) is 5.56 Å². The predicted octanol–water partition coefficient (Wildman–Crippen LogP) is 1.62. The fourth-order valence-electron chi connectivity index (χ4n) is 2.03. The highest BCUT2D eigenvalue weighted by atomic mass is 32.2. The minimum absolute atomic E-state index is 0.0258. The quantitative estimate of drug-likeness (QED) is 0.788. The van der Waals surface area contributed by atoms with Gasteiger partial charge in [-0.25, -0.2) is 14.5 Å². The lowest BCUT2D eigenvalue weighted by molar-refractivity contribution is 0.591. The second kappa shape index (κ2) is 5.09. The zero-order chi connectivity index (χ0) is 15.9. The van der Waals surface area contributed by atoms with Crippen molar-refractivity contribution >= 4 is 21.4 Å². The lowest BCUT2D eigenvalue weighted by atomic mass is 10.2. The van der Waals surface area contributed by atoms with Crippen LogP contribution >= 0.6 is 0 Å². The first kappa shape index (κ1) is 14.5. The molecular weight excluding hydrogens is 304 g/mol. The normalized spacial score (nSPS) is 12.2. The molecule has 0 bridgehead atoms. The topological polar surface area (TPSA) is 94.2 Å². The number of hydrogen-bond acceptors (Lipinski definition) is 5. The van der Waals surface area contributed by atoms with E-state index in [2.05, 4.69) is 19.8 Å². The summed E-state index contributed by atoms with van der Waals surface area (Å²) in [6.45, 7) is 5.71. The van der Waals surface area contributed by atoms with Gasteiger partial charge >= 0.3 is 0 Å². The van der Waals surface area contributed by atoms with Gasteiger partial charge in [-0.3, -0.25) is 4.72 Å². The van der Waals surface area contributed by atoms with Gasteiger partial charge in [0.2, 0.25) is 0 Å². The summed E-state index contributed by atoms with van der Waals surface area (Å²) in [6, 6.07) is 1.91. The van der Waals surface area contributed by atoms with Crippen molar-refractivity contribution in [1.29, 1.82) is 0 Å². The molecular formula is C13H16N6O2S. The fourth-order valence-corrected chi connectivity index (χ4v) is 3.10. The van der Waals surface area contributed by atoms with E-state index in [4.69, 9.17) is 0 Å². The Bertz CT molecular complexity index is 925. The standard InChI is InChI=1S/C13H16N6O2S/c1-9(2)18-6-11(15-8-18)22(20,21)17-12-10(3)4-5-19-13(12)14-7-16-19/h4-9,17H,1-3H3. The molecule has 8 nitrogen and oxygen atoms in total. The molecule has 0 spiro atoms. The van der Waals surface area contributed by atoms with Crippen LogP contribution in [0.3, 0.4) is 0 Å². The van der Waals surface area contributed by atoms with Gasteiger partial charge in [0.1, 0.15) is 6.33 Å². The Kier molecular flexibility index (Phi) is 3.36. The van der Waals surface area contributed by atoms with Crippen molar-refractivity contribution < 1.29 is 8.42 Å². The highest BCUT2D eigenvalue weighted by Crippen LogP contribution is 2.23. The van der Waals surface area contributed by atoms with E-state index in [1.54, 1.807) is 23.8 Å². The van der Waals surface area contributed by atoms with Crippen LogP contribution < -0.4 is 4.72 Å². The molecule has 116 valence electrons. The van der Waals surface area contributed by atoms with E-state index in [9.17, 15) is 8.42 Å². The first-order chi connectivity index (χ1) is 10.4. The van der Waals surface area contributed by atoms with Crippen LogP contribution in [0.15, 0.2) is 36.1 Å². The number of pyridine rings is 1. The maximum absolute atomic E-state index is 12.5. The number of aryl methyl sites for hydroxylation is 1. The fraction of sp³-hybridized carbons (Fsp3) is 0.308. The van der Waals surface area contributed by atoms with Crippen molar-refractivity contribution in [2.24, 2.45) is 0 Å².